The molecule has 112 valence electrons. The Balaban J connectivity index is 3.02. The molecule has 0 amide bonds. The molecule has 0 heterocycles. The summed E-state index contributed by atoms with van der Waals surface area (Å²) < 4.78 is 0. The minimum absolute atomic E-state index is 0.329. The zero-order chi connectivity index (χ0) is 14.2. The molecule has 0 atom stereocenters. The van der Waals surface area contributed by atoms with Gasteiger partial charge >= 0.3 is 5.97 Å². The third kappa shape index (κ3) is 17.5. The fourth-order valence-corrected chi connectivity index (χ4v) is 2.18. The van der Waals surface area contributed by atoms with E-state index in [0.29, 0.717) is 6.42 Å². The second kappa shape index (κ2) is 15.6. The molecular formula is C16H29ClO2. The smallest absolute Gasteiger partial charge is 0.303 e. The van der Waals surface area contributed by atoms with Crippen LogP contribution in [0.25, 0.3) is 0 Å². The molecule has 0 aromatic rings. The average Bonchev–Trinajstić information content (AvgIpc) is 2.39. The number of hydrogen-bond donors (Lipinski definition) is 1. The molecule has 0 unspecified atom stereocenters. The van der Waals surface area contributed by atoms with Crippen molar-refractivity contribution in [2.75, 3.05) is 5.88 Å². The summed E-state index contributed by atoms with van der Waals surface area (Å²) in [7, 11) is 0. The van der Waals surface area contributed by atoms with Crippen LogP contribution in [-0.2, 0) is 4.79 Å². The van der Waals surface area contributed by atoms with Crippen molar-refractivity contribution < 1.29 is 9.90 Å². The molecular weight excluding hydrogens is 260 g/mol. The van der Waals surface area contributed by atoms with Gasteiger partial charge in [-0.15, -0.1) is 11.6 Å². The summed E-state index contributed by atoms with van der Waals surface area (Å²) in [5.41, 5.74) is 0. The number of alkyl halides is 1. The largest absolute Gasteiger partial charge is 0.481 e. The fraction of sp³-hybridized carbons (Fsp3) is 0.812. The van der Waals surface area contributed by atoms with Crippen molar-refractivity contribution in [2.24, 2.45) is 0 Å². The number of allylic oxidation sites excluding steroid dienone is 2. The molecule has 0 bridgehead atoms. The van der Waals surface area contributed by atoms with E-state index in [1.54, 1.807) is 0 Å². The van der Waals surface area contributed by atoms with Crippen LogP contribution in [0.5, 0.6) is 0 Å². The van der Waals surface area contributed by atoms with Crippen molar-refractivity contribution in [3.8, 4) is 0 Å². The summed E-state index contributed by atoms with van der Waals surface area (Å²) >= 11 is 5.60. The van der Waals surface area contributed by atoms with Crippen molar-refractivity contribution in [3.05, 3.63) is 12.2 Å². The van der Waals surface area contributed by atoms with Crippen molar-refractivity contribution in [1.29, 1.82) is 0 Å². The first-order valence-corrected chi connectivity index (χ1v) is 8.23. The quantitative estimate of drug-likeness (QED) is 0.258. The Kier molecular flexibility index (Phi) is 15.1. The van der Waals surface area contributed by atoms with Gasteiger partial charge in [-0.25, -0.2) is 0 Å². The Morgan fingerprint density at radius 2 is 1.26 bits per heavy atom. The number of carbonyl (C=O) groups is 1. The van der Waals surface area contributed by atoms with Crippen LogP contribution in [0.15, 0.2) is 12.2 Å². The number of hydrogen-bond acceptors (Lipinski definition) is 1. The van der Waals surface area contributed by atoms with Gasteiger partial charge in [0.05, 0.1) is 0 Å². The summed E-state index contributed by atoms with van der Waals surface area (Å²) in [6.45, 7) is 0. The molecule has 19 heavy (non-hydrogen) atoms. The number of halogens is 1. The van der Waals surface area contributed by atoms with Crippen LogP contribution in [-0.4, -0.2) is 17.0 Å². The molecule has 0 aliphatic heterocycles. The second-order valence-corrected chi connectivity index (χ2v) is 5.44. The topological polar surface area (TPSA) is 37.3 Å². The highest BCUT2D eigenvalue weighted by Gasteiger charge is 1.96. The number of unbranched alkanes of at least 4 members (excludes halogenated alkanes) is 9. The summed E-state index contributed by atoms with van der Waals surface area (Å²) in [6, 6.07) is 0. The molecule has 3 heteroatoms. The molecule has 2 nitrogen and oxygen atoms in total. The Bertz CT molecular complexity index is 227. The van der Waals surface area contributed by atoms with E-state index in [0.717, 1.165) is 31.6 Å². The van der Waals surface area contributed by atoms with Crippen molar-refractivity contribution in [1.82, 2.24) is 0 Å². The van der Waals surface area contributed by atoms with Gasteiger partial charge in [0, 0.05) is 12.3 Å². The maximum atomic E-state index is 10.3. The van der Waals surface area contributed by atoms with Gasteiger partial charge in [-0.3, -0.25) is 4.79 Å². The number of rotatable bonds is 14. The van der Waals surface area contributed by atoms with E-state index in [4.69, 9.17) is 16.7 Å². The maximum Gasteiger partial charge on any atom is 0.303 e. The first-order chi connectivity index (χ1) is 9.27. The Labute approximate surface area is 123 Å². The first kappa shape index (κ1) is 18.5. The van der Waals surface area contributed by atoms with Crippen LogP contribution in [0.4, 0.5) is 0 Å². The molecule has 0 saturated carbocycles. The average molecular weight is 289 g/mol. The van der Waals surface area contributed by atoms with E-state index in [1.165, 1.54) is 44.9 Å². The first-order valence-electron chi connectivity index (χ1n) is 7.70. The Morgan fingerprint density at radius 3 is 1.79 bits per heavy atom. The highest BCUT2D eigenvalue weighted by Crippen LogP contribution is 2.11. The fourth-order valence-electron chi connectivity index (χ4n) is 2.03. The molecule has 0 aromatic carbocycles. The van der Waals surface area contributed by atoms with Crippen molar-refractivity contribution in [3.63, 3.8) is 0 Å². The Hall–Kier alpha value is -0.500. The molecule has 0 aromatic heterocycles. The normalized spacial score (nSPS) is 11.2. The van der Waals surface area contributed by atoms with E-state index in [-0.39, 0.29) is 0 Å². The molecule has 0 radical (unpaired) electrons. The van der Waals surface area contributed by atoms with Crippen LogP contribution in [0.1, 0.15) is 77.0 Å². The summed E-state index contributed by atoms with van der Waals surface area (Å²) in [5, 5.41) is 8.49. The number of aliphatic carboxylic acids is 1. The monoisotopic (exact) mass is 288 g/mol. The van der Waals surface area contributed by atoms with Crippen LogP contribution in [0, 0.1) is 0 Å². The van der Waals surface area contributed by atoms with Gasteiger partial charge in [-0.05, 0) is 32.1 Å². The van der Waals surface area contributed by atoms with Gasteiger partial charge in [0.2, 0.25) is 0 Å². The minimum Gasteiger partial charge on any atom is -0.481 e. The third-order valence-corrected chi connectivity index (χ3v) is 3.45. The van der Waals surface area contributed by atoms with Gasteiger partial charge in [0.1, 0.15) is 0 Å². The molecule has 0 fully saturated rings. The van der Waals surface area contributed by atoms with E-state index >= 15 is 0 Å². The summed E-state index contributed by atoms with van der Waals surface area (Å²) in [4.78, 5) is 10.3. The molecule has 1 N–H and O–H groups in total. The van der Waals surface area contributed by atoms with E-state index in [2.05, 4.69) is 12.2 Å². The van der Waals surface area contributed by atoms with Gasteiger partial charge in [-0.1, -0.05) is 50.7 Å². The lowest BCUT2D eigenvalue weighted by Crippen LogP contribution is -1.93. The lowest BCUT2D eigenvalue weighted by atomic mass is 10.1. The highest BCUT2D eigenvalue weighted by molar-refractivity contribution is 6.17. The molecule has 0 aliphatic carbocycles. The summed E-state index contributed by atoms with van der Waals surface area (Å²) in [5.74, 6) is 0.0932. The highest BCUT2D eigenvalue weighted by atomic mass is 35.5. The van der Waals surface area contributed by atoms with Gasteiger partial charge in [0.25, 0.3) is 0 Å². The summed E-state index contributed by atoms with van der Waals surface area (Å²) in [6.07, 6.45) is 17.8. The standard InChI is InChI=1S/C16H29ClO2/c17-15-13-11-9-7-5-3-1-2-4-6-8-10-12-14-16(18)19/h7,9H,1-6,8,10-15H2,(H,18,19)/b9-7-. The van der Waals surface area contributed by atoms with Crippen LogP contribution in [0.2, 0.25) is 0 Å². The molecule has 0 rings (SSSR count). The predicted octanol–water partition coefficient (Wildman–Crippen LogP) is 5.55. The zero-order valence-corrected chi connectivity index (χ0v) is 12.8. The lowest BCUT2D eigenvalue weighted by Gasteiger charge is -2.00. The minimum atomic E-state index is -0.667. The second-order valence-electron chi connectivity index (χ2n) is 5.06. The number of carboxylic acid groups (broad SMARTS) is 1. The number of carboxylic acids is 1. The van der Waals surface area contributed by atoms with Crippen molar-refractivity contribution >= 4 is 17.6 Å². The predicted molar refractivity (Wildman–Crippen MR) is 82.9 cm³/mol. The molecule has 0 spiro atoms. The van der Waals surface area contributed by atoms with Crippen LogP contribution >= 0.6 is 11.6 Å². The van der Waals surface area contributed by atoms with E-state index < -0.39 is 5.97 Å². The van der Waals surface area contributed by atoms with Gasteiger partial charge < -0.3 is 5.11 Å². The molecule has 0 saturated heterocycles. The SMILES string of the molecule is O=C(O)CCCCCCCCCC/C=C\CCCCl. The van der Waals surface area contributed by atoms with Crippen LogP contribution < -0.4 is 0 Å². The van der Waals surface area contributed by atoms with Gasteiger partial charge in [0.15, 0.2) is 0 Å². The van der Waals surface area contributed by atoms with E-state index in [9.17, 15) is 4.79 Å². The zero-order valence-electron chi connectivity index (χ0n) is 12.1. The van der Waals surface area contributed by atoms with Crippen molar-refractivity contribution in [2.45, 2.75) is 77.0 Å². The Morgan fingerprint density at radius 1 is 0.789 bits per heavy atom. The maximum absolute atomic E-state index is 10.3. The third-order valence-electron chi connectivity index (χ3n) is 3.18. The van der Waals surface area contributed by atoms with Gasteiger partial charge in [-0.2, -0.15) is 0 Å². The van der Waals surface area contributed by atoms with Crippen LogP contribution in [0.3, 0.4) is 0 Å². The molecule has 0 aliphatic rings. The van der Waals surface area contributed by atoms with E-state index in [1.807, 2.05) is 0 Å². The lowest BCUT2D eigenvalue weighted by molar-refractivity contribution is -0.137.